The summed E-state index contributed by atoms with van der Waals surface area (Å²) in [6.45, 7) is 3.67. The number of ether oxygens (including phenoxy) is 1. The van der Waals surface area contributed by atoms with Gasteiger partial charge in [0.15, 0.2) is 0 Å². The third-order valence-corrected chi connectivity index (χ3v) is 5.01. The molecule has 1 aromatic heterocycles. The molecular formula is C23H24ClN3O3. The molecular weight excluding hydrogens is 402 g/mol. The van der Waals surface area contributed by atoms with Gasteiger partial charge in [-0.1, -0.05) is 35.9 Å². The molecule has 1 amide bonds. The van der Waals surface area contributed by atoms with Gasteiger partial charge >= 0.3 is 0 Å². The largest absolute Gasteiger partial charge is 0.496 e. The summed E-state index contributed by atoms with van der Waals surface area (Å²) < 4.78 is 5.28. The van der Waals surface area contributed by atoms with E-state index in [2.05, 4.69) is 15.3 Å². The third kappa shape index (κ3) is 5.70. The van der Waals surface area contributed by atoms with Crippen molar-refractivity contribution in [3.8, 4) is 5.75 Å². The normalized spacial score (nSPS) is 11.7. The van der Waals surface area contributed by atoms with Gasteiger partial charge in [0.25, 0.3) is 5.56 Å². The van der Waals surface area contributed by atoms with Gasteiger partial charge in [0, 0.05) is 17.5 Å². The van der Waals surface area contributed by atoms with Crippen molar-refractivity contribution >= 4 is 17.5 Å². The highest BCUT2D eigenvalue weighted by Crippen LogP contribution is 2.21. The van der Waals surface area contributed by atoms with Gasteiger partial charge in [-0.2, -0.15) is 0 Å². The van der Waals surface area contributed by atoms with Crippen molar-refractivity contribution in [2.24, 2.45) is 0 Å². The van der Waals surface area contributed by atoms with E-state index in [-0.39, 0.29) is 23.9 Å². The number of aryl methyl sites for hydroxylation is 2. The number of hydrogen-bond donors (Lipinski definition) is 2. The molecule has 7 heteroatoms. The standard InChI is InChI=1S/C23H24ClN3O3/c1-14-10-16(4-9-21(14)30-3)11-22(28)27-20(17-5-7-18(24)8-6-17)12-19-13-23(29)26-15(2)25-19/h4-10,13,20H,11-12H2,1-3H3,(H,27,28)(H,25,26,29). The second kappa shape index (κ2) is 9.59. The second-order valence-corrected chi connectivity index (χ2v) is 7.62. The van der Waals surface area contributed by atoms with Crippen LogP contribution in [0.3, 0.4) is 0 Å². The van der Waals surface area contributed by atoms with E-state index in [4.69, 9.17) is 16.3 Å². The van der Waals surface area contributed by atoms with E-state index in [1.807, 2.05) is 37.3 Å². The first kappa shape index (κ1) is 21.6. The van der Waals surface area contributed by atoms with Crippen LogP contribution < -0.4 is 15.6 Å². The number of H-pyrrole nitrogens is 1. The molecule has 2 aromatic carbocycles. The number of benzene rings is 2. The van der Waals surface area contributed by atoms with Gasteiger partial charge in [-0.15, -0.1) is 0 Å². The maximum atomic E-state index is 12.8. The van der Waals surface area contributed by atoms with Crippen molar-refractivity contribution < 1.29 is 9.53 Å². The summed E-state index contributed by atoms with van der Waals surface area (Å²) in [5.41, 5.74) is 3.15. The van der Waals surface area contributed by atoms with E-state index in [1.54, 1.807) is 26.2 Å². The Morgan fingerprint density at radius 1 is 1.17 bits per heavy atom. The van der Waals surface area contributed by atoms with E-state index in [9.17, 15) is 9.59 Å². The number of carbonyl (C=O) groups is 1. The molecule has 3 rings (SSSR count). The smallest absolute Gasteiger partial charge is 0.251 e. The van der Waals surface area contributed by atoms with Crippen LogP contribution in [-0.4, -0.2) is 23.0 Å². The van der Waals surface area contributed by atoms with Gasteiger partial charge in [0.2, 0.25) is 5.91 Å². The SMILES string of the molecule is COc1ccc(CC(=O)NC(Cc2cc(=O)[nH]c(C)n2)c2ccc(Cl)cc2)cc1C. The molecule has 0 fully saturated rings. The van der Waals surface area contributed by atoms with Crippen LogP contribution in [0.1, 0.15) is 34.3 Å². The van der Waals surface area contributed by atoms with Crippen LogP contribution >= 0.6 is 11.6 Å². The molecule has 0 saturated carbocycles. The number of halogens is 1. The summed E-state index contributed by atoms with van der Waals surface area (Å²) in [6, 6.07) is 14.1. The fourth-order valence-electron chi connectivity index (χ4n) is 3.38. The molecule has 0 bridgehead atoms. The number of rotatable bonds is 7. The summed E-state index contributed by atoms with van der Waals surface area (Å²) in [4.78, 5) is 31.6. The number of nitrogens with one attached hydrogen (secondary N) is 2. The zero-order chi connectivity index (χ0) is 21.7. The van der Waals surface area contributed by atoms with Gasteiger partial charge in [-0.25, -0.2) is 4.98 Å². The van der Waals surface area contributed by atoms with Gasteiger partial charge < -0.3 is 15.0 Å². The fourth-order valence-corrected chi connectivity index (χ4v) is 3.51. The van der Waals surface area contributed by atoms with E-state index in [1.165, 1.54) is 6.07 Å². The number of nitrogens with zero attached hydrogens (tertiary/aromatic N) is 1. The van der Waals surface area contributed by atoms with E-state index in [0.717, 1.165) is 22.4 Å². The maximum Gasteiger partial charge on any atom is 0.251 e. The minimum absolute atomic E-state index is 0.124. The monoisotopic (exact) mass is 425 g/mol. The molecule has 0 aliphatic rings. The molecule has 2 N–H and O–H groups in total. The Kier molecular flexibility index (Phi) is 6.90. The van der Waals surface area contributed by atoms with Gasteiger partial charge in [0.05, 0.1) is 25.3 Å². The highest BCUT2D eigenvalue weighted by Gasteiger charge is 2.17. The molecule has 0 aliphatic heterocycles. The van der Waals surface area contributed by atoms with E-state index < -0.39 is 0 Å². The predicted octanol–water partition coefficient (Wildman–Crippen LogP) is 3.69. The van der Waals surface area contributed by atoms with Crippen molar-refractivity contribution in [2.45, 2.75) is 32.7 Å². The number of carbonyl (C=O) groups excluding carboxylic acids is 1. The number of hydrogen-bond acceptors (Lipinski definition) is 4. The first-order valence-electron chi connectivity index (χ1n) is 9.59. The number of aromatic nitrogens is 2. The molecule has 1 unspecified atom stereocenters. The van der Waals surface area contributed by atoms with Crippen LogP contribution in [0.2, 0.25) is 5.02 Å². The summed E-state index contributed by atoms with van der Waals surface area (Å²) in [7, 11) is 1.62. The van der Waals surface area contributed by atoms with Crippen LogP contribution in [0.4, 0.5) is 0 Å². The lowest BCUT2D eigenvalue weighted by molar-refractivity contribution is -0.121. The summed E-state index contributed by atoms with van der Waals surface area (Å²) in [5.74, 6) is 1.20. The van der Waals surface area contributed by atoms with Crippen LogP contribution in [0.25, 0.3) is 0 Å². The summed E-state index contributed by atoms with van der Waals surface area (Å²) >= 11 is 6.02. The van der Waals surface area contributed by atoms with E-state index >= 15 is 0 Å². The minimum Gasteiger partial charge on any atom is -0.496 e. The Hall–Kier alpha value is -3.12. The highest BCUT2D eigenvalue weighted by atomic mass is 35.5. The lowest BCUT2D eigenvalue weighted by Crippen LogP contribution is -2.31. The predicted molar refractivity (Wildman–Crippen MR) is 117 cm³/mol. The summed E-state index contributed by atoms with van der Waals surface area (Å²) in [5, 5.41) is 3.68. The fraction of sp³-hybridized carbons (Fsp3) is 0.261. The molecule has 3 aromatic rings. The first-order chi connectivity index (χ1) is 14.3. The zero-order valence-corrected chi connectivity index (χ0v) is 17.9. The Balaban J connectivity index is 1.80. The van der Waals surface area contributed by atoms with Crippen LogP contribution in [-0.2, 0) is 17.6 Å². The topological polar surface area (TPSA) is 84.1 Å². The number of amides is 1. The van der Waals surface area contributed by atoms with E-state index in [0.29, 0.717) is 23.0 Å². The average Bonchev–Trinajstić information content (AvgIpc) is 2.67. The molecule has 1 atom stereocenters. The van der Waals surface area contributed by atoms with Crippen LogP contribution in [0.15, 0.2) is 53.3 Å². The molecule has 0 spiro atoms. The Labute approximate surface area is 180 Å². The second-order valence-electron chi connectivity index (χ2n) is 7.18. The molecule has 0 radical (unpaired) electrons. The van der Waals surface area contributed by atoms with Crippen molar-refractivity contribution in [3.05, 3.63) is 92.1 Å². The molecule has 156 valence electrons. The molecule has 30 heavy (non-hydrogen) atoms. The number of aromatic amines is 1. The molecule has 0 saturated heterocycles. The molecule has 1 heterocycles. The van der Waals surface area contributed by atoms with Crippen molar-refractivity contribution in [1.82, 2.24) is 15.3 Å². The lowest BCUT2D eigenvalue weighted by Gasteiger charge is -2.19. The lowest BCUT2D eigenvalue weighted by atomic mass is 10.0. The van der Waals surface area contributed by atoms with Gasteiger partial charge in [-0.3, -0.25) is 9.59 Å². The first-order valence-corrected chi connectivity index (χ1v) is 9.97. The van der Waals surface area contributed by atoms with Gasteiger partial charge in [-0.05, 0) is 48.7 Å². The number of methoxy groups -OCH3 is 1. The van der Waals surface area contributed by atoms with Crippen LogP contribution in [0, 0.1) is 13.8 Å². The molecule has 6 nitrogen and oxygen atoms in total. The third-order valence-electron chi connectivity index (χ3n) is 4.76. The molecule has 0 aliphatic carbocycles. The zero-order valence-electron chi connectivity index (χ0n) is 17.2. The Morgan fingerprint density at radius 2 is 1.90 bits per heavy atom. The Bertz CT molecular complexity index is 1090. The highest BCUT2D eigenvalue weighted by molar-refractivity contribution is 6.30. The Morgan fingerprint density at radius 3 is 2.53 bits per heavy atom. The maximum absolute atomic E-state index is 12.8. The average molecular weight is 426 g/mol. The quantitative estimate of drug-likeness (QED) is 0.604. The van der Waals surface area contributed by atoms with Crippen molar-refractivity contribution in [1.29, 1.82) is 0 Å². The minimum atomic E-state index is -0.345. The van der Waals surface area contributed by atoms with Crippen LogP contribution in [0.5, 0.6) is 5.75 Å². The van der Waals surface area contributed by atoms with Gasteiger partial charge in [0.1, 0.15) is 11.6 Å². The van der Waals surface area contributed by atoms with Crippen molar-refractivity contribution in [3.63, 3.8) is 0 Å². The van der Waals surface area contributed by atoms with Crippen molar-refractivity contribution in [2.75, 3.05) is 7.11 Å². The summed E-state index contributed by atoms with van der Waals surface area (Å²) in [6.07, 6.45) is 0.622.